The van der Waals surface area contributed by atoms with Crippen molar-refractivity contribution in [1.29, 1.82) is 0 Å². The third-order valence-corrected chi connectivity index (χ3v) is 8.98. The zero-order valence-corrected chi connectivity index (χ0v) is 21.8. The van der Waals surface area contributed by atoms with Crippen LogP contribution in [-0.2, 0) is 21.1 Å². The Hall–Kier alpha value is -3.31. The topological polar surface area (TPSA) is 97.8 Å². The molecule has 2 aromatic heterocycles. The number of aromatic nitrogens is 1. The Labute approximate surface area is 219 Å². The number of hydrogen-bond acceptors (Lipinski definition) is 8. The van der Waals surface area contributed by atoms with Gasteiger partial charge in [0.2, 0.25) is 9.84 Å². The van der Waals surface area contributed by atoms with Crippen molar-refractivity contribution in [3.8, 4) is 5.75 Å². The monoisotopic (exact) mass is 537 g/mol. The van der Waals surface area contributed by atoms with Crippen LogP contribution in [0.4, 0.5) is 0 Å². The number of morpholine rings is 1. The molecule has 1 aliphatic rings. The molecule has 3 heterocycles. The summed E-state index contributed by atoms with van der Waals surface area (Å²) < 4.78 is 38.5. The van der Waals surface area contributed by atoms with E-state index in [9.17, 15) is 13.2 Å². The van der Waals surface area contributed by atoms with Gasteiger partial charge in [-0.25, -0.2) is 8.42 Å². The van der Waals surface area contributed by atoms with E-state index in [1.807, 2.05) is 12.1 Å². The van der Waals surface area contributed by atoms with Crippen molar-refractivity contribution in [1.82, 2.24) is 15.2 Å². The number of rotatable bonds is 9. The highest BCUT2D eigenvalue weighted by Gasteiger charge is 2.19. The van der Waals surface area contributed by atoms with E-state index in [2.05, 4.69) is 15.2 Å². The van der Waals surface area contributed by atoms with Crippen LogP contribution in [0.1, 0.15) is 15.2 Å². The lowest BCUT2D eigenvalue weighted by Crippen LogP contribution is -2.38. The van der Waals surface area contributed by atoms with Crippen LogP contribution < -0.4 is 10.1 Å². The van der Waals surface area contributed by atoms with Crippen LogP contribution in [0.2, 0.25) is 0 Å². The second-order valence-corrected chi connectivity index (χ2v) is 11.7. The van der Waals surface area contributed by atoms with Crippen molar-refractivity contribution in [3.05, 3.63) is 83.5 Å². The highest BCUT2D eigenvalue weighted by Crippen LogP contribution is 2.26. The second-order valence-electron chi connectivity index (χ2n) is 8.63. The Morgan fingerprint density at radius 3 is 2.65 bits per heavy atom. The molecule has 10 heteroatoms. The van der Waals surface area contributed by atoms with Crippen LogP contribution in [0.25, 0.3) is 10.1 Å². The summed E-state index contributed by atoms with van der Waals surface area (Å²) in [6, 6.07) is 16.8. The van der Waals surface area contributed by atoms with Gasteiger partial charge in [-0.3, -0.25) is 14.7 Å². The van der Waals surface area contributed by atoms with E-state index in [1.165, 1.54) is 11.3 Å². The maximum atomic E-state index is 13.2. The van der Waals surface area contributed by atoms with Gasteiger partial charge in [0.1, 0.15) is 12.4 Å². The first kappa shape index (κ1) is 25.3. The van der Waals surface area contributed by atoms with Crippen LogP contribution in [0, 0.1) is 0 Å². The number of carbonyl (C=O) groups excluding carboxylic acids is 1. The minimum atomic E-state index is -3.71. The summed E-state index contributed by atoms with van der Waals surface area (Å²) in [5.41, 5.74) is 0.801. The summed E-state index contributed by atoms with van der Waals surface area (Å²) in [5, 5.41) is 3.87. The number of carbonyl (C=O) groups is 1. The Morgan fingerprint density at radius 1 is 1.05 bits per heavy atom. The molecule has 8 nitrogen and oxygen atoms in total. The first-order valence-electron chi connectivity index (χ1n) is 12.0. The van der Waals surface area contributed by atoms with Crippen LogP contribution >= 0.6 is 11.3 Å². The van der Waals surface area contributed by atoms with Crippen LogP contribution in [0.15, 0.2) is 82.8 Å². The summed E-state index contributed by atoms with van der Waals surface area (Å²) in [5.74, 6) is 0.342. The number of ether oxygens (including phenoxy) is 2. The van der Waals surface area contributed by atoms with Crippen molar-refractivity contribution in [3.63, 3.8) is 0 Å². The second kappa shape index (κ2) is 11.4. The Kier molecular flexibility index (Phi) is 7.80. The molecule has 0 atom stereocenters. The van der Waals surface area contributed by atoms with Gasteiger partial charge < -0.3 is 14.8 Å². The summed E-state index contributed by atoms with van der Waals surface area (Å²) in [7, 11) is -3.71. The SMILES string of the molecule is O=C(NCc1ccc(S(=O)(=O)c2cccc(OCCN3CCOCC3)c2)cc1)c1cc2ccncc2s1. The Bertz CT molecular complexity index is 1450. The molecule has 1 aliphatic heterocycles. The molecule has 1 amide bonds. The average molecular weight is 538 g/mol. The van der Waals surface area contributed by atoms with Gasteiger partial charge in [-0.05, 0) is 53.4 Å². The van der Waals surface area contributed by atoms with Crippen molar-refractivity contribution < 1.29 is 22.7 Å². The third-order valence-electron chi connectivity index (χ3n) is 6.13. The van der Waals surface area contributed by atoms with E-state index < -0.39 is 9.84 Å². The van der Waals surface area contributed by atoms with Gasteiger partial charge in [-0.2, -0.15) is 0 Å². The summed E-state index contributed by atoms with van der Waals surface area (Å²) in [6.07, 6.45) is 3.44. The molecular weight excluding hydrogens is 510 g/mol. The van der Waals surface area contributed by atoms with Crippen molar-refractivity contribution >= 4 is 37.2 Å². The van der Waals surface area contributed by atoms with Crippen molar-refractivity contribution in [2.24, 2.45) is 0 Å². The van der Waals surface area contributed by atoms with Crippen molar-refractivity contribution in [2.75, 3.05) is 39.5 Å². The molecule has 0 saturated carbocycles. The molecule has 0 unspecified atom stereocenters. The number of thiophene rings is 1. The number of pyridine rings is 1. The van der Waals surface area contributed by atoms with Gasteiger partial charge in [0.15, 0.2) is 0 Å². The highest BCUT2D eigenvalue weighted by molar-refractivity contribution is 7.91. The zero-order chi connectivity index (χ0) is 25.7. The summed E-state index contributed by atoms with van der Waals surface area (Å²) in [6.45, 7) is 4.73. The number of amides is 1. The van der Waals surface area contributed by atoms with Gasteiger partial charge >= 0.3 is 0 Å². The molecule has 192 valence electrons. The molecule has 0 aliphatic carbocycles. The maximum Gasteiger partial charge on any atom is 0.261 e. The maximum absolute atomic E-state index is 13.2. The predicted octanol–water partition coefficient (Wildman–Crippen LogP) is 3.77. The lowest BCUT2D eigenvalue weighted by molar-refractivity contribution is 0.0322. The number of sulfone groups is 1. The molecule has 2 aromatic carbocycles. The van der Waals surface area contributed by atoms with Gasteiger partial charge in [-0.15, -0.1) is 11.3 Å². The molecule has 4 aromatic rings. The normalized spacial score (nSPS) is 14.5. The lowest BCUT2D eigenvalue weighted by Gasteiger charge is -2.26. The fourth-order valence-corrected chi connectivity index (χ4v) is 6.28. The predicted molar refractivity (Wildman–Crippen MR) is 142 cm³/mol. The number of fused-ring (bicyclic) bond motifs is 1. The van der Waals surface area contributed by atoms with Gasteiger partial charge in [-0.1, -0.05) is 18.2 Å². The minimum absolute atomic E-state index is 0.177. The zero-order valence-electron chi connectivity index (χ0n) is 20.1. The highest BCUT2D eigenvalue weighted by atomic mass is 32.2. The smallest absolute Gasteiger partial charge is 0.261 e. The minimum Gasteiger partial charge on any atom is -0.492 e. The average Bonchev–Trinajstić information content (AvgIpc) is 3.37. The van der Waals surface area contributed by atoms with Crippen molar-refractivity contribution in [2.45, 2.75) is 16.3 Å². The Balaban J connectivity index is 1.19. The summed E-state index contributed by atoms with van der Waals surface area (Å²) in [4.78, 5) is 19.9. The standard InChI is InChI=1S/C27H27N3O5S2/c31-27(25-16-21-8-9-28-19-26(21)36-25)29-18-20-4-6-23(7-5-20)37(32,33)24-3-1-2-22(17-24)35-15-12-30-10-13-34-14-11-30/h1-9,16-17,19H,10-15,18H2,(H,29,31). The lowest BCUT2D eigenvalue weighted by atomic mass is 10.2. The number of hydrogen-bond donors (Lipinski definition) is 1. The van der Waals surface area contributed by atoms with E-state index in [0.29, 0.717) is 17.2 Å². The molecule has 1 N–H and O–H groups in total. The van der Waals surface area contributed by atoms with Gasteiger partial charge in [0.25, 0.3) is 5.91 Å². The van der Waals surface area contributed by atoms with E-state index >= 15 is 0 Å². The fraction of sp³-hybridized carbons (Fsp3) is 0.259. The van der Waals surface area contributed by atoms with Gasteiger partial charge in [0.05, 0.1) is 32.6 Å². The van der Waals surface area contributed by atoms with Gasteiger partial charge in [0, 0.05) is 38.6 Å². The fourth-order valence-electron chi connectivity index (χ4n) is 4.04. The van der Waals surface area contributed by atoms with E-state index in [0.717, 1.165) is 48.5 Å². The first-order valence-corrected chi connectivity index (χ1v) is 14.3. The molecule has 1 fully saturated rings. The number of nitrogens with one attached hydrogen (secondary N) is 1. The molecule has 0 radical (unpaired) electrons. The molecule has 0 bridgehead atoms. The molecule has 5 rings (SSSR count). The molecule has 1 saturated heterocycles. The van der Waals surface area contributed by atoms with Crippen LogP contribution in [0.5, 0.6) is 5.75 Å². The number of benzene rings is 2. The Morgan fingerprint density at radius 2 is 1.86 bits per heavy atom. The van der Waals surface area contributed by atoms with E-state index in [-0.39, 0.29) is 22.2 Å². The number of nitrogens with zero attached hydrogens (tertiary/aromatic N) is 2. The molecular formula is C27H27N3O5S2. The third kappa shape index (κ3) is 6.16. The first-order chi connectivity index (χ1) is 18.0. The van der Waals surface area contributed by atoms with E-state index in [1.54, 1.807) is 60.9 Å². The largest absolute Gasteiger partial charge is 0.492 e. The quantitative estimate of drug-likeness (QED) is 0.347. The molecule has 0 spiro atoms. The molecule has 37 heavy (non-hydrogen) atoms. The van der Waals surface area contributed by atoms with E-state index in [4.69, 9.17) is 9.47 Å². The summed E-state index contributed by atoms with van der Waals surface area (Å²) >= 11 is 1.39. The van der Waals surface area contributed by atoms with Crippen LogP contribution in [-0.4, -0.2) is 63.7 Å². The van der Waals surface area contributed by atoms with Crippen LogP contribution in [0.3, 0.4) is 0 Å².